The molecule has 2 aromatic rings. The molecular weight excluding hydrogens is 522 g/mol. The molecule has 1 aliphatic heterocycles. The van der Waals surface area contributed by atoms with Crippen molar-refractivity contribution in [2.75, 3.05) is 46.8 Å². The number of H-pyrrole nitrogens is 1. The molecule has 1 saturated heterocycles. The Morgan fingerprint density at radius 2 is 2.16 bits per heavy atom. The molecule has 1 aliphatic rings. The molecule has 0 radical (unpaired) electrons. The summed E-state index contributed by atoms with van der Waals surface area (Å²) >= 11 is 0. The first-order chi connectivity index (χ1) is 15.0. The van der Waals surface area contributed by atoms with Gasteiger partial charge >= 0.3 is 0 Å². The number of guanidine groups is 1. The monoisotopic (exact) mass is 558 g/mol. The molecule has 7 nitrogen and oxygen atoms in total. The van der Waals surface area contributed by atoms with Crippen LogP contribution < -0.4 is 10.6 Å². The molecule has 3 rings (SSSR count). The van der Waals surface area contributed by atoms with Crippen molar-refractivity contribution in [1.82, 2.24) is 25.4 Å². The largest absolute Gasteiger partial charge is 0.361 e. The molecule has 1 atom stereocenters. The van der Waals surface area contributed by atoms with E-state index in [-0.39, 0.29) is 41.7 Å². The molecule has 1 amide bonds. The molecule has 32 heavy (non-hydrogen) atoms. The van der Waals surface area contributed by atoms with E-state index in [0.29, 0.717) is 6.54 Å². The topological polar surface area (TPSA) is 75.8 Å². The lowest BCUT2D eigenvalue weighted by molar-refractivity contribution is -0.133. The third kappa shape index (κ3) is 7.06. The number of aromatic amines is 1. The van der Waals surface area contributed by atoms with Crippen LogP contribution in [0.5, 0.6) is 0 Å². The first kappa shape index (κ1) is 26.4. The lowest BCUT2D eigenvalue weighted by atomic mass is 10.1. The van der Waals surface area contributed by atoms with Gasteiger partial charge in [0.15, 0.2) is 5.96 Å². The predicted octanol–water partition coefficient (Wildman–Crippen LogP) is 2.97. The molecule has 1 unspecified atom stereocenters. The van der Waals surface area contributed by atoms with Gasteiger partial charge in [0.05, 0.1) is 6.04 Å². The molecular formula is C23H36FIN6O. The summed E-state index contributed by atoms with van der Waals surface area (Å²) < 4.78 is 13.4. The quantitative estimate of drug-likeness (QED) is 0.192. The highest BCUT2D eigenvalue weighted by Gasteiger charge is 2.30. The van der Waals surface area contributed by atoms with Gasteiger partial charge in [-0.1, -0.05) is 0 Å². The molecule has 0 saturated carbocycles. The molecule has 178 valence electrons. The number of carbonyl (C=O) groups excluding carboxylic acids is 1. The van der Waals surface area contributed by atoms with Crippen LogP contribution in [0.4, 0.5) is 4.39 Å². The van der Waals surface area contributed by atoms with E-state index in [1.807, 2.05) is 33.3 Å². The number of hydrogen-bond donors (Lipinski definition) is 3. The van der Waals surface area contributed by atoms with Gasteiger partial charge in [-0.2, -0.15) is 0 Å². The van der Waals surface area contributed by atoms with E-state index in [4.69, 9.17) is 0 Å². The summed E-state index contributed by atoms with van der Waals surface area (Å²) in [6.45, 7) is 6.17. The number of amides is 1. The predicted molar refractivity (Wildman–Crippen MR) is 139 cm³/mol. The van der Waals surface area contributed by atoms with E-state index in [2.05, 4.69) is 25.5 Å². The molecule has 3 N–H and O–H groups in total. The van der Waals surface area contributed by atoms with Crippen LogP contribution in [0.25, 0.3) is 10.9 Å². The Bertz CT molecular complexity index is 900. The lowest BCUT2D eigenvalue weighted by Crippen LogP contribution is -2.43. The number of likely N-dealkylation sites (N-methyl/N-ethyl adjacent to an activating group) is 1. The van der Waals surface area contributed by atoms with E-state index >= 15 is 0 Å². The van der Waals surface area contributed by atoms with Gasteiger partial charge in [0.2, 0.25) is 5.91 Å². The average Bonchev–Trinajstić information content (AvgIpc) is 3.37. The Morgan fingerprint density at radius 1 is 1.34 bits per heavy atom. The summed E-state index contributed by atoms with van der Waals surface area (Å²) in [6.07, 6.45) is 5.71. The van der Waals surface area contributed by atoms with Gasteiger partial charge in [-0.25, -0.2) is 4.39 Å². The third-order valence-corrected chi connectivity index (χ3v) is 5.72. The van der Waals surface area contributed by atoms with E-state index < -0.39 is 0 Å². The van der Waals surface area contributed by atoms with Gasteiger partial charge in [-0.3, -0.25) is 14.7 Å². The molecule has 0 bridgehead atoms. The molecule has 1 fully saturated rings. The molecule has 2 heterocycles. The van der Waals surface area contributed by atoms with Crippen molar-refractivity contribution in [2.45, 2.75) is 38.6 Å². The van der Waals surface area contributed by atoms with Gasteiger partial charge in [0.1, 0.15) is 5.82 Å². The van der Waals surface area contributed by atoms with Crippen LogP contribution in [0.15, 0.2) is 29.4 Å². The van der Waals surface area contributed by atoms with Gasteiger partial charge in [0, 0.05) is 57.4 Å². The maximum absolute atomic E-state index is 13.4. The zero-order valence-electron chi connectivity index (χ0n) is 19.3. The SMILES string of the molecule is CCNC(=NCCCN1CCCC1C(=O)N(C)C)NCCc1c[nH]c2cc(F)ccc12.I. The van der Waals surface area contributed by atoms with Crippen LogP contribution in [0.2, 0.25) is 0 Å². The number of hydrogen-bond acceptors (Lipinski definition) is 3. The summed E-state index contributed by atoms with van der Waals surface area (Å²) in [4.78, 5) is 24.1. The molecule has 9 heteroatoms. The van der Waals surface area contributed by atoms with E-state index in [1.165, 1.54) is 12.1 Å². The summed E-state index contributed by atoms with van der Waals surface area (Å²) in [5.41, 5.74) is 1.98. The van der Waals surface area contributed by atoms with Crippen LogP contribution in [0, 0.1) is 5.82 Å². The van der Waals surface area contributed by atoms with Gasteiger partial charge in [-0.15, -0.1) is 24.0 Å². The summed E-state index contributed by atoms with van der Waals surface area (Å²) in [7, 11) is 3.65. The number of carbonyl (C=O) groups is 1. The number of aliphatic imine (C=N–C) groups is 1. The van der Waals surface area contributed by atoms with Crippen molar-refractivity contribution >= 4 is 46.7 Å². The van der Waals surface area contributed by atoms with Crippen molar-refractivity contribution in [3.05, 3.63) is 35.8 Å². The second kappa shape index (κ2) is 13.0. The minimum absolute atomic E-state index is 0. The minimum Gasteiger partial charge on any atom is -0.361 e. The van der Waals surface area contributed by atoms with Crippen LogP contribution in [-0.4, -0.2) is 79.5 Å². The standard InChI is InChI=1S/C23H35FN6O.HI/c1-4-25-23(26-11-6-14-30-13-5-7-21(30)22(31)29(2)3)27-12-10-17-16-28-20-15-18(24)8-9-19(17)20;/h8-9,15-16,21,28H,4-7,10-14H2,1-3H3,(H2,25,26,27);1H. The summed E-state index contributed by atoms with van der Waals surface area (Å²) in [5, 5.41) is 7.72. The Balaban J connectivity index is 0.00000363. The lowest BCUT2D eigenvalue weighted by Gasteiger charge is -2.25. The number of aromatic nitrogens is 1. The maximum Gasteiger partial charge on any atom is 0.239 e. The van der Waals surface area contributed by atoms with E-state index in [9.17, 15) is 9.18 Å². The Kier molecular flexibility index (Phi) is 10.7. The zero-order valence-corrected chi connectivity index (χ0v) is 21.6. The van der Waals surface area contributed by atoms with Crippen molar-refractivity contribution in [3.63, 3.8) is 0 Å². The highest BCUT2D eigenvalue weighted by molar-refractivity contribution is 14.0. The third-order valence-electron chi connectivity index (χ3n) is 5.72. The first-order valence-corrected chi connectivity index (χ1v) is 11.2. The second-order valence-electron chi connectivity index (χ2n) is 8.22. The van der Waals surface area contributed by atoms with Crippen molar-refractivity contribution in [1.29, 1.82) is 0 Å². The molecule has 1 aromatic carbocycles. The fraction of sp³-hybridized carbons (Fsp3) is 0.565. The Morgan fingerprint density at radius 3 is 2.91 bits per heavy atom. The van der Waals surface area contributed by atoms with Gasteiger partial charge < -0.3 is 20.5 Å². The first-order valence-electron chi connectivity index (χ1n) is 11.2. The van der Waals surface area contributed by atoms with E-state index in [1.54, 1.807) is 4.90 Å². The van der Waals surface area contributed by atoms with Crippen molar-refractivity contribution in [2.24, 2.45) is 4.99 Å². The highest BCUT2D eigenvalue weighted by Crippen LogP contribution is 2.20. The van der Waals surface area contributed by atoms with Crippen LogP contribution in [-0.2, 0) is 11.2 Å². The number of fused-ring (bicyclic) bond motifs is 1. The fourth-order valence-electron chi connectivity index (χ4n) is 4.16. The second-order valence-corrected chi connectivity index (χ2v) is 8.22. The fourth-order valence-corrected chi connectivity index (χ4v) is 4.16. The molecule has 1 aromatic heterocycles. The van der Waals surface area contributed by atoms with E-state index in [0.717, 1.165) is 74.3 Å². The van der Waals surface area contributed by atoms with Crippen molar-refractivity contribution < 1.29 is 9.18 Å². The summed E-state index contributed by atoms with van der Waals surface area (Å²) in [6, 6.07) is 4.86. The molecule has 0 aliphatic carbocycles. The Labute approximate surface area is 207 Å². The van der Waals surface area contributed by atoms with Crippen LogP contribution >= 0.6 is 24.0 Å². The number of halogens is 2. The van der Waals surface area contributed by atoms with Crippen LogP contribution in [0.1, 0.15) is 31.7 Å². The number of benzene rings is 1. The normalized spacial score (nSPS) is 16.8. The highest BCUT2D eigenvalue weighted by atomic mass is 127. The number of likely N-dealkylation sites (tertiary alicyclic amines) is 1. The number of rotatable bonds is 9. The molecule has 0 spiro atoms. The minimum atomic E-state index is -0.230. The van der Waals surface area contributed by atoms with Gasteiger partial charge in [-0.05, 0) is 62.9 Å². The number of nitrogens with one attached hydrogen (secondary N) is 3. The Hall–Kier alpha value is -1.88. The zero-order chi connectivity index (χ0) is 22.2. The summed E-state index contributed by atoms with van der Waals surface area (Å²) in [5.74, 6) is 0.777. The average molecular weight is 558 g/mol. The maximum atomic E-state index is 13.4. The van der Waals surface area contributed by atoms with Gasteiger partial charge in [0.25, 0.3) is 0 Å². The number of nitrogens with zero attached hydrogens (tertiary/aromatic N) is 3. The smallest absolute Gasteiger partial charge is 0.239 e. The van der Waals surface area contributed by atoms with Crippen molar-refractivity contribution in [3.8, 4) is 0 Å². The van der Waals surface area contributed by atoms with Crippen LogP contribution in [0.3, 0.4) is 0 Å².